The van der Waals surface area contributed by atoms with Crippen molar-refractivity contribution in [3.05, 3.63) is 59.8 Å². The molecule has 3 aromatic rings. The van der Waals surface area contributed by atoms with Crippen molar-refractivity contribution < 1.29 is 17.9 Å². The fraction of sp³-hybridized carbons (Fsp3) is 0.375. The van der Waals surface area contributed by atoms with Crippen molar-refractivity contribution in [3.8, 4) is 5.75 Å². The van der Waals surface area contributed by atoms with Gasteiger partial charge in [0.1, 0.15) is 5.75 Å². The molecule has 0 bridgehead atoms. The second kappa shape index (κ2) is 7.41. The Bertz CT molecular complexity index is 1260. The molecule has 0 spiro atoms. The number of amides is 1. The zero-order valence-corrected chi connectivity index (χ0v) is 18.6. The van der Waals surface area contributed by atoms with Gasteiger partial charge in [0.15, 0.2) is 0 Å². The summed E-state index contributed by atoms with van der Waals surface area (Å²) in [6, 6.07) is 14.1. The predicted octanol–water partition coefficient (Wildman–Crippen LogP) is 4.13. The first-order valence-corrected chi connectivity index (χ1v) is 12.2. The molecule has 0 radical (unpaired) electrons. The van der Waals surface area contributed by atoms with Gasteiger partial charge in [-0.25, -0.2) is 12.4 Å². The number of aromatic nitrogens is 1. The molecule has 2 heterocycles. The second-order valence-electron chi connectivity index (χ2n) is 8.42. The van der Waals surface area contributed by atoms with Crippen molar-refractivity contribution in [2.24, 2.45) is 5.92 Å². The summed E-state index contributed by atoms with van der Waals surface area (Å²) in [5.41, 5.74) is 2.50. The summed E-state index contributed by atoms with van der Waals surface area (Å²) in [5, 5.41) is 0.928. The number of benzene rings is 2. The number of carbonyl (C=O) groups excluding carboxylic acids is 1. The molecule has 1 aliphatic carbocycles. The van der Waals surface area contributed by atoms with E-state index in [0.29, 0.717) is 23.6 Å². The number of rotatable bonds is 3. The Morgan fingerprint density at radius 3 is 2.52 bits per heavy atom. The van der Waals surface area contributed by atoms with E-state index < -0.39 is 10.0 Å². The molecule has 1 fully saturated rings. The number of piperidine rings is 1. The van der Waals surface area contributed by atoms with Crippen molar-refractivity contribution in [2.75, 3.05) is 13.7 Å². The Labute approximate surface area is 182 Å². The van der Waals surface area contributed by atoms with E-state index in [0.717, 1.165) is 42.5 Å². The lowest BCUT2D eigenvalue weighted by atomic mass is 9.76. The molecule has 1 saturated heterocycles. The van der Waals surface area contributed by atoms with E-state index in [1.54, 1.807) is 38.3 Å². The fourth-order valence-electron chi connectivity index (χ4n) is 5.43. The molecule has 2 atom stereocenters. The van der Waals surface area contributed by atoms with E-state index in [1.807, 2.05) is 29.2 Å². The molecule has 2 aromatic carbocycles. The van der Waals surface area contributed by atoms with Crippen LogP contribution in [0.25, 0.3) is 10.9 Å². The molecular formula is C24H26N2O4S. The molecule has 162 valence electrons. The van der Waals surface area contributed by atoms with Gasteiger partial charge >= 0.3 is 0 Å². The maximum atomic E-state index is 13.8. The molecular weight excluding hydrogens is 412 g/mol. The topological polar surface area (TPSA) is 68.6 Å². The van der Waals surface area contributed by atoms with Gasteiger partial charge in [-0.2, -0.15) is 0 Å². The highest BCUT2D eigenvalue weighted by molar-refractivity contribution is 7.90. The molecule has 7 heteroatoms. The number of likely N-dealkylation sites (tertiary alicyclic amines) is 1. The third-order valence-electron chi connectivity index (χ3n) is 6.78. The van der Waals surface area contributed by atoms with Crippen LogP contribution in [0.1, 0.15) is 43.5 Å². The van der Waals surface area contributed by atoms with Crippen LogP contribution in [0.4, 0.5) is 0 Å². The van der Waals surface area contributed by atoms with Gasteiger partial charge in [-0.05, 0) is 61.9 Å². The number of para-hydroxylation sites is 1. The van der Waals surface area contributed by atoms with Crippen molar-refractivity contribution >= 4 is 26.8 Å². The average molecular weight is 439 g/mol. The van der Waals surface area contributed by atoms with E-state index in [2.05, 4.69) is 0 Å². The first-order valence-electron chi connectivity index (χ1n) is 10.7. The third kappa shape index (κ3) is 3.05. The number of methoxy groups -OCH3 is 1. The Morgan fingerprint density at radius 1 is 1.06 bits per heavy atom. The predicted molar refractivity (Wildman–Crippen MR) is 119 cm³/mol. The van der Waals surface area contributed by atoms with Crippen molar-refractivity contribution in [1.29, 1.82) is 0 Å². The van der Waals surface area contributed by atoms with Gasteiger partial charge in [0.25, 0.3) is 10.0 Å². The number of carbonyl (C=O) groups is 1. The van der Waals surface area contributed by atoms with Gasteiger partial charge in [0.2, 0.25) is 5.91 Å². The van der Waals surface area contributed by atoms with Crippen LogP contribution in [-0.4, -0.2) is 36.9 Å². The first-order chi connectivity index (χ1) is 14.9. The van der Waals surface area contributed by atoms with Crippen LogP contribution in [-0.2, 0) is 21.2 Å². The molecule has 1 aliphatic heterocycles. The first kappa shape index (κ1) is 20.1. The summed E-state index contributed by atoms with van der Waals surface area (Å²) in [4.78, 5) is 14.6. The van der Waals surface area contributed by atoms with E-state index in [-0.39, 0.29) is 16.8 Å². The fourth-order valence-corrected chi connectivity index (χ4v) is 7.02. The number of nitrogens with zero attached hydrogens (tertiary/aromatic N) is 2. The summed E-state index contributed by atoms with van der Waals surface area (Å²) in [7, 11) is -2.25. The maximum Gasteiger partial charge on any atom is 0.268 e. The lowest BCUT2D eigenvalue weighted by Gasteiger charge is -2.44. The molecule has 1 aromatic heterocycles. The van der Waals surface area contributed by atoms with Crippen LogP contribution < -0.4 is 4.74 Å². The molecule has 31 heavy (non-hydrogen) atoms. The van der Waals surface area contributed by atoms with Crippen LogP contribution >= 0.6 is 0 Å². The second-order valence-corrected chi connectivity index (χ2v) is 10.2. The Kier molecular flexibility index (Phi) is 4.81. The minimum atomic E-state index is -3.81. The minimum absolute atomic E-state index is 0.0531. The van der Waals surface area contributed by atoms with E-state index in [9.17, 15) is 13.2 Å². The monoisotopic (exact) mass is 438 g/mol. The highest BCUT2D eigenvalue weighted by Gasteiger charge is 2.42. The summed E-state index contributed by atoms with van der Waals surface area (Å²) in [6.07, 6.45) is 3.64. The molecule has 5 rings (SSSR count). The molecule has 0 unspecified atom stereocenters. The lowest BCUT2D eigenvalue weighted by Crippen LogP contribution is -2.43. The lowest BCUT2D eigenvalue weighted by molar-refractivity contribution is -0.134. The number of hydrogen-bond donors (Lipinski definition) is 0. The number of fused-ring (bicyclic) bond motifs is 5. The standard InChI is InChI=1S/C24H26N2O4S/c1-16(27)25-15-5-6-17-9-14-22-23(24(17)25)20-7-3-4-8-21(20)26(22)31(28,29)19-12-10-18(30-2)11-13-19/h3-4,7-8,10-13,17,24H,5-6,9,14-15H2,1-2H3/t17-,24-/m0/s1. The largest absolute Gasteiger partial charge is 0.497 e. The van der Waals surface area contributed by atoms with Gasteiger partial charge in [-0.3, -0.25) is 4.79 Å². The Morgan fingerprint density at radius 2 is 1.81 bits per heavy atom. The van der Waals surface area contributed by atoms with Crippen molar-refractivity contribution in [1.82, 2.24) is 8.87 Å². The van der Waals surface area contributed by atoms with Crippen molar-refractivity contribution in [2.45, 2.75) is 43.5 Å². The SMILES string of the molecule is COc1ccc(S(=O)(=O)n2c3c(c4ccccc42)[C@@H]2[C@@H](CCCN2C(C)=O)CC3)cc1. The smallest absolute Gasteiger partial charge is 0.268 e. The zero-order valence-electron chi connectivity index (χ0n) is 17.7. The minimum Gasteiger partial charge on any atom is -0.497 e. The summed E-state index contributed by atoms with van der Waals surface area (Å²) in [5.74, 6) is 1.03. The van der Waals surface area contributed by atoms with Gasteiger partial charge < -0.3 is 9.64 Å². The molecule has 6 nitrogen and oxygen atoms in total. The highest BCUT2D eigenvalue weighted by Crippen LogP contribution is 2.48. The van der Waals surface area contributed by atoms with Crippen LogP contribution in [0.3, 0.4) is 0 Å². The molecule has 2 aliphatic rings. The molecule has 0 N–H and O–H groups in total. The van der Waals surface area contributed by atoms with Crippen LogP contribution in [0.15, 0.2) is 53.4 Å². The zero-order chi connectivity index (χ0) is 21.8. The van der Waals surface area contributed by atoms with E-state index >= 15 is 0 Å². The van der Waals surface area contributed by atoms with E-state index in [1.165, 1.54) is 3.97 Å². The Hall–Kier alpha value is -2.80. The van der Waals surface area contributed by atoms with E-state index in [4.69, 9.17) is 4.74 Å². The average Bonchev–Trinajstić information content (AvgIpc) is 3.14. The van der Waals surface area contributed by atoms with Gasteiger partial charge in [-0.1, -0.05) is 18.2 Å². The van der Waals surface area contributed by atoms with Gasteiger partial charge in [0, 0.05) is 30.1 Å². The van der Waals surface area contributed by atoms with Gasteiger partial charge in [0.05, 0.1) is 23.6 Å². The normalized spacial score (nSPS) is 20.9. The molecule has 1 amide bonds. The van der Waals surface area contributed by atoms with Crippen LogP contribution in [0.2, 0.25) is 0 Å². The van der Waals surface area contributed by atoms with Crippen LogP contribution in [0, 0.1) is 5.92 Å². The summed E-state index contributed by atoms with van der Waals surface area (Å²) < 4.78 is 34.3. The Balaban J connectivity index is 1.76. The summed E-state index contributed by atoms with van der Waals surface area (Å²) >= 11 is 0. The quantitative estimate of drug-likeness (QED) is 0.617. The number of ether oxygens (including phenoxy) is 1. The van der Waals surface area contributed by atoms with Crippen molar-refractivity contribution in [3.63, 3.8) is 0 Å². The maximum absolute atomic E-state index is 13.8. The van der Waals surface area contributed by atoms with Gasteiger partial charge in [-0.15, -0.1) is 0 Å². The number of hydrogen-bond acceptors (Lipinski definition) is 4. The summed E-state index contributed by atoms with van der Waals surface area (Å²) in [6.45, 7) is 2.34. The highest BCUT2D eigenvalue weighted by atomic mass is 32.2. The van der Waals surface area contributed by atoms with Crippen LogP contribution in [0.5, 0.6) is 5.75 Å². The third-order valence-corrected chi connectivity index (χ3v) is 8.54. The molecule has 0 saturated carbocycles.